The van der Waals surface area contributed by atoms with Crippen molar-refractivity contribution in [3.05, 3.63) is 29.8 Å². The third-order valence-electron chi connectivity index (χ3n) is 2.92. The summed E-state index contributed by atoms with van der Waals surface area (Å²) < 4.78 is 25.3. The van der Waals surface area contributed by atoms with Gasteiger partial charge < -0.3 is 10.8 Å². The van der Waals surface area contributed by atoms with Crippen LogP contribution in [-0.4, -0.2) is 39.7 Å². The molecule has 3 N–H and O–H groups in total. The van der Waals surface area contributed by atoms with Gasteiger partial charge in [0.15, 0.2) is 5.82 Å². The number of anilines is 1. The van der Waals surface area contributed by atoms with Crippen LogP contribution >= 0.6 is 0 Å². The molecule has 2 rings (SSSR count). The molecule has 0 fully saturated rings. The van der Waals surface area contributed by atoms with E-state index in [2.05, 4.69) is 10.3 Å². The van der Waals surface area contributed by atoms with Crippen molar-refractivity contribution >= 4 is 21.6 Å². The SMILES string of the molecule is CC(C)S(=O)(=O)c1nnn(-c2ccc(C(=O)O)cc2)c1N. The molecule has 0 spiro atoms. The number of aromatic carboxylic acids is 1. The average molecular weight is 310 g/mol. The fourth-order valence-corrected chi connectivity index (χ4v) is 2.61. The van der Waals surface area contributed by atoms with Gasteiger partial charge in [-0.3, -0.25) is 0 Å². The summed E-state index contributed by atoms with van der Waals surface area (Å²) in [5.41, 5.74) is 6.33. The van der Waals surface area contributed by atoms with Crippen molar-refractivity contribution in [1.82, 2.24) is 15.0 Å². The van der Waals surface area contributed by atoms with Crippen LogP contribution in [-0.2, 0) is 9.84 Å². The molecule has 21 heavy (non-hydrogen) atoms. The lowest BCUT2D eigenvalue weighted by molar-refractivity contribution is 0.0697. The summed E-state index contributed by atoms with van der Waals surface area (Å²) in [6.45, 7) is 3.05. The second-order valence-corrected chi connectivity index (χ2v) is 7.06. The summed E-state index contributed by atoms with van der Waals surface area (Å²) in [5, 5.41) is 15.2. The molecule has 0 aliphatic rings. The fourth-order valence-electron chi connectivity index (χ4n) is 1.64. The predicted molar refractivity (Wildman–Crippen MR) is 75.1 cm³/mol. The zero-order valence-electron chi connectivity index (χ0n) is 11.4. The van der Waals surface area contributed by atoms with Gasteiger partial charge in [0.2, 0.25) is 14.9 Å². The van der Waals surface area contributed by atoms with E-state index in [4.69, 9.17) is 10.8 Å². The second-order valence-electron chi connectivity index (χ2n) is 4.64. The number of hydrogen-bond donors (Lipinski definition) is 2. The largest absolute Gasteiger partial charge is 0.478 e. The Kier molecular flexibility index (Phi) is 3.69. The van der Waals surface area contributed by atoms with E-state index in [0.29, 0.717) is 5.69 Å². The predicted octanol–water partition coefficient (Wildman–Crippen LogP) is 0.730. The van der Waals surface area contributed by atoms with Crippen LogP contribution in [0.1, 0.15) is 24.2 Å². The highest BCUT2D eigenvalue weighted by Crippen LogP contribution is 2.22. The van der Waals surface area contributed by atoms with E-state index in [-0.39, 0.29) is 16.4 Å². The number of carbonyl (C=O) groups is 1. The van der Waals surface area contributed by atoms with Crippen molar-refractivity contribution in [3.8, 4) is 5.69 Å². The van der Waals surface area contributed by atoms with Crippen LogP contribution < -0.4 is 5.73 Å². The van der Waals surface area contributed by atoms with Crippen LogP contribution in [0.25, 0.3) is 5.69 Å². The van der Waals surface area contributed by atoms with Gasteiger partial charge in [-0.15, -0.1) is 5.10 Å². The zero-order chi connectivity index (χ0) is 15.8. The Labute approximate surface area is 121 Å². The van der Waals surface area contributed by atoms with Crippen molar-refractivity contribution in [2.24, 2.45) is 0 Å². The van der Waals surface area contributed by atoms with Gasteiger partial charge in [0.05, 0.1) is 16.5 Å². The maximum absolute atomic E-state index is 12.1. The number of nitrogens with two attached hydrogens (primary N) is 1. The molecule has 0 saturated heterocycles. The molecular weight excluding hydrogens is 296 g/mol. The first-order chi connectivity index (χ1) is 9.75. The highest BCUT2D eigenvalue weighted by molar-refractivity contribution is 7.92. The third-order valence-corrected chi connectivity index (χ3v) is 4.99. The molecular formula is C12H14N4O4S. The summed E-state index contributed by atoms with van der Waals surface area (Å²) in [6.07, 6.45) is 0. The van der Waals surface area contributed by atoms with Gasteiger partial charge >= 0.3 is 5.97 Å². The number of nitrogen functional groups attached to an aromatic ring is 1. The summed E-state index contributed by atoms with van der Waals surface area (Å²) >= 11 is 0. The van der Waals surface area contributed by atoms with E-state index in [1.807, 2.05) is 0 Å². The zero-order valence-corrected chi connectivity index (χ0v) is 12.2. The Morgan fingerprint density at radius 1 is 1.29 bits per heavy atom. The highest BCUT2D eigenvalue weighted by Gasteiger charge is 2.27. The standard InChI is InChI=1S/C12H14N4O4S/c1-7(2)21(19,20)11-10(13)16(15-14-11)9-5-3-8(4-6-9)12(17)18/h3-7H,13H2,1-2H3,(H,17,18). The maximum atomic E-state index is 12.1. The van der Waals surface area contributed by atoms with Crippen LogP contribution in [0.15, 0.2) is 29.3 Å². The van der Waals surface area contributed by atoms with Crippen LogP contribution in [0.4, 0.5) is 5.82 Å². The highest BCUT2D eigenvalue weighted by atomic mass is 32.2. The average Bonchev–Trinajstić information content (AvgIpc) is 2.81. The lowest BCUT2D eigenvalue weighted by Crippen LogP contribution is -2.16. The minimum atomic E-state index is -3.63. The Balaban J connectivity index is 2.48. The van der Waals surface area contributed by atoms with Gasteiger partial charge in [-0.1, -0.05) is 5.21 Å². The molecule has 9 heteroatoms. The van der Waals surface area contributed by atoms with Gasteiger partial charge in [-0.25, -0.2) is 13.2 Å². The number of hydrogen-bond acceptors (Lipinski definition) is 6. The number of carboxylic acids is 1. The Morgan fingerprint density at radius 2 is 1.86 bits per heavy atom. The maximum Gasteiger partial charge on any atom is 0.335 e. The van der Waals surface area contributed by atoms with Crippen molar-refractivity contribution in [2.75, 3.05) is 5.73 Å². The van der Waals surface area contributed by atoms with E-state index >= 15 is 0 Å². The molecule has 0 amide bonds. The first-order valence-electron chi connectivity index (χ1n) is 6.04. The van der Waals surface area contributed by atoms with E-state index in [0.717, 1.165) is 4.68 Å². The minimum absolute atomic E-state index is 0.104. The molecule has 0 radical (unpaired) electrons. The number of rotatable bonds is 4. The Bertz CT molecular complexity index is 778. The van der Waals surface area contributed by atoms with E-state index in [1.165, 1.54) is 38.1 Å². The summed E-state index contributed by atoms with van der Waals surface area (Å²) in [7, 11) is -3.63. The van der Waals surface area contributed by atoms with Crippen LogP contribution in [0, 0.1) is 0 Å². The molecule has 112 valence electrons. The molecule has 1 aromatic heterocycles. The Morgan fingerprint density at radius 3 is 2.33 bits per heavy atom. The van der Waals surface area contributed by atoms with Crippen LogP contribution in [0.5, 0.6) is 0 Å². The quantitative estimate of drug-likeness (QED) is 0.851. The number of nitrogens with zero attached hydrogens (tertiary/aromatic N) is 3. The van der Waals surface area contributed by atoms with Crippen LogP contribution in [0.2, 0.25) is 0 Å². The van der Waals surface area contributed by atoms with Gasteiger partial charge in [-0.2, -0.15) is 4.68 Å². The molecule has 0 atom stereocenters. The van der Waals surface area contributed by atoms with Crippen molar-refractivity contribution < 1.29 is 18.3 Å². The number of aromatic nitrogens is 3. The third kappa shape index (κ3) is 2.59. The first-order valence-corrected chi connectivity index (χ1v) is 7.58. The normalized spacial score (nSPS) is 11.8. The van der Waals surface area contributed by atoms with Crippen LogP contribution in [0.3, 0.4) is 0 Å². The molecule has 8 nitrogen and oxygen atoms in total. The van der Waals surface area contributed by atoms with Gasteiger partial charge in [-0.05, 0) is 38.1 Å². The summed E-state index contributed by atoms with van der Waals surface area (Å²) in [4.78, 5) is 10.8. The molecule has 0 aliphatic heterocycles. The molecule has 0 aliphatic carbocycles. The second kappa shape index (κ2) is 5.17. The van der Waals surface area contributed by atoms with E-state index < -0.39 is 21.1 Å². The smallest absolute Gasteiger partial charge is 0.335 e. The molecule has 0 saturated carbocycles. The topological polar surface area (TPSA) is 128 Å². The van der Waals surface area contributed by atoms with E-state index in [9.17, 15) is 13.2 Å². The number of sulfone groups is 1. The van der Waals surface area contributed by atoms with Crippen molar-refractivity contribution in [2.45, 2.75) is 24.1 Å². The minimum Gasteiger partial charge on any atom is -0.478 e. The molecule has 1 aromatic carbocycles. The van der Waals surface area contributed by atoms with Gasteiger partial charge in [0.1, 0.15) is 0 Å². The van der Waals surface area contributed by atoms with Gasteiger partial charge in [0, 0.05) is 0 Å². The van der Waals surface area contributed by atoms with Gasteiger partial charge in [0.25, 0.3) is 0 Å². The molecule has 0 unspecified atom stereocenters. The molecule has 2 aromatic rings. The summed E-state index contributed by atoms with van der Waals surface area (Å²) in [6, 6.07) is 5.69. The number of carboxylic acid groups (broad SMARTS) is 1. The molecule has 1 heterocycles. The fraction of sp³-hybridized carbons (Fsp3) is 0.250. The Hall–Kier alpha value is -2.42. The number of benzene rings is 1. The lowest BCUT2D eigenvalue weighted by atomic mass is 10.2. The summed E-state index contributed by atoms with van der Waals surface area (Å²) in [5.74, 6) is -1.16. The first kappa shape index (κ1) is 15.0. The molecule has 0 bridgehead atoms. The van der Waals surface area contributed by atoms with Crippen molar-refractivity contribution in [3.63, 3.8) is 0 Å². The van der Waals surface area contributed by atoms with E-state index in [1.54, 1.807) is 0 Å². The lowest BCUT2D eigenvalue weighted by Gasteiger charge is -2.06. The van der Waals surface area contributed by atoms with Crippen molar-refractivity contribution in [1.29, 1.82) is 0 Å². The monoisotopic (exact) mass is 310 g/mol.